The molecule has 0 fully saturated rings. The molecule has 112 valence electrons. The average Bonchev–Trinajstić information content (AvgIpc) is 2.45. The highest BCUT2D eigenvalue weighted by Gasteiger charge is 2.06. The molecule has 1 heterocycles. The first-order chi connectivity index (χ1) is 10.1. The number of hydrogen-bond acceptors (Lipinski definition) is 5. The van der Waals surface area contributed by atoms with Gasteiger partial charge < -0.3 is 16.4 Å². The van der Waals surface area contributed by atoms with Gasteiger partial charge >= 0.3 is 0 Å². The predicted molar refractivity (Wildman–Crippen MR) is 78.9 cm³/mol. The SMILES string of the molecule is CCCNc1cc(NCc2cc(F)ccc2F)nc(N)n1. The van der Waals surface area contributed by atoms with E-state index in [1.165, 1.54) is 0 Å². The van der Waals surface area contributed by atoms with Crippen molar-refractivity contribution in [2.24, 2.45) is 0 Å². The first kappa shape index (κ1) is 15.0. The molecule has 0 spiro atoms. The Kier molecular flexibility index (Phi) is 4.86. The summed E-state index contributed by atoms with van der Waals surface area (Å²) in [6.45, 7) is 2.89. The number of nitrogens with one attached hydrogen (secondary N) is 2. The van der Waals surface area contributed by atoms with Gasteiger partial charge in [0, 0.05) is 24.7 Å². The lowest BCUT2D eigenvalue weighted by Gasteiger charge is -2.10. The Bertz CT molecular complexity index is 618. The van der Waals surface area contributed by atoms with Gasteiger partial charge in [-0.05, 0) is 24.6 Å². The zero-order valence-corrected chi connectivity index (χ0v) is 11.7. The minimum Gasteiger partial charge on any atom is -0.370 e. The summed E-state index contributed by atoms with van der Waals surface area (Å²) in [4.78, 5) is 8.05. The molecule has 1 aromatic heterocycles. The van der Waals surface area contributed by atoms with E-state index in [1.54, 1.807) is 6.07 Å². The van der Waals surface area contributed by atoms with Gasteiger partial charge in [-0.3, -0.25) is 0 Å². The molecule has 0 saturated heterocycles. The second kappa shape index (κ2) is 6.83. The molecule has 0 atom stereocenters. The lowest BCUT2D eigenvalue weighted by molar-refractivity contribution is 0.587. The van der Waals surface area contributed by atoms with Crippen LogP contribution in [0.1, 0.15) is 18.9 Å². The zero-order chi connectivity index (χ0) is 15.2. The van der Waals surface area contributed by atoms with E-state index >= 15 is 0 Å². The second-order valence-corrected chi connectivity index (χ2v) is 4.51. The molecule has 0 aliphatic carbocycles. The van der Waals surface area contributed by atoms with Crippen molar-refractivity contribution in [3.05, 3.63) is 41.5 Å². The average molecular weight is 293 g/mol. The number of anilines is 3. The van der Waals surface area contributed by atoms with Gasteiger partial charge in [-0.15, -0.1) is 0 Å². The van der Waals surface area contributed by atoms with Gasteiger partial charge in [-0.2, -0.15) is 9.97 Å². The fourth-order valence-corrected chi connectivity index (χ4v) is 1.76. The van der Waals surface area contributed by atoms with Crippen molar-refractivity contribution in [1.29, 1.82) is 0 Å². The highest BCUT2D eigenvalue weighted by atomic mass is 19.1. The van der Waals surface area contributed by atoms with Gasteiger partial charge in [0.2, 0.25) is 5.95 Å². The summed E-state index contributed by atoms with van der Waals surface area (Å²) in [5.41, 5.74) is 5.84. The molecule has 0 aliphatic rings. The third kappa shape index (κ3) is 4.27. The van der Waals surface area contributed by atoms with E-state index in [9.17, 15) is 8.78 Å². The van der Waals surface area contributed by atoms with Crippen LogP contribution in [0.3, 0.4) is 0 Å². The topological polar surface area (TPSA) is 75.9 Å². The van der Waals surface area contributed by atoms with Crippen molar-refractivity contribution < 1.29 is 8.78 Å². The van der Waals surface area contributed by atoms with E-state index < -0.39 is 11.6 Å². The van der Waals surface area contributed by atoms with Crippen molar-refractivity contribution in [3.63, 3.8) is 0 Å². The molecule has 0 radical (unpaired) electrons. The van der Waals surface area contributed by atoms with Crippen molar-refractivity contribution in [3.8, 4) is 0 Å². The van der Waals surface area contributed by atoms with E-state index in [2.05, 4.69) is 20.6 Å². The summed E-state index contributed by atoms with van der Waals surface area (Å²) in [5, 5.41) is 6.00. The van der Waals surface area contributed by atoms with E-state index in [-0.39, 0.29) is 18.1 Å². The summed E-state index contributed by atoms with van der Waals surface area (Å²) in [7, 11) is 0. The lowest BCUT2D eigenvalue weighted by Crippen LogP contribution is -2.09. The van der Waals surface area contributed by atoms with Crippen LogP contribution >= 0.6 is 0 Å². The molecule has 7 heteroatoms. The third-order valence-corrected chi connectivity index (χ3v) is 2.77. The smallest absolute Gasteiger partial charge is 0.223 e. The molecule has 0 bridgehead atoms. The van der Waals surface area contributed by atoms with Crippen molar-refractivity contribution in [1.82, 2.24) is 9.97 Å². The van der Waals surface area contributed by atoms with Gasteiger partial charge in [0.15, 0.2) is 0 Å². The van der Waals surface area contributed by atoms with Gasteiger partial charge in [-0.1, -0.05) is 6.92 Å². The minimum atomic E-state index is -0.485. The fraction of sp³-hybridized carbons (Fsp3) is 0.286. The Balaban J connectivity index is 2.08. The maximum absolute atomic E-state index is 13.5. The maximum atomic E-state index is 13.5. The van der Waals surface area contributed by atoms with Gasteiger partial charge in [0.1, 0.15) is 23.3 Å². The van der Waals surface area contributed by atoms with Crippen LogP contribution in [-0.2, 0) is 6.54 Å². The Morgan fingerprint density at radius 1 is 1.10 bits per heavy atom. The Morgan fingerprint density at radius 2 is 1.81 bits per heavy atom. The number of nitrogens with zero attached hydrogens (tertiary/aromatic N) is 2. The quantitative estimate of drug-likeness (QED) is 0.763. The molecule has 0 saturated carbocycles. The number of aromatic nitrogens is 2. The van der Waals surface area contributed by atoms with E-state index in [0.29, 0.717) is 11.6 Å². The fourth-order valence-electron chi connectivity index (χ4n) is 1.76. The first-order valence-corrected chi connectivity index (χ1v) is 6.64. The summed E-state index contributed by atoms with van der Waals surface area (Å²) in [5.74, 6) is 0.186. The van der Waals surface area contributed by atoms with Crippen molar-refractivity contribution in [2.45, 2.75) is 19.9 Å². The third-order valence-electron chi connectivity index (χ3n) is 2.77. The van der Waals surface area contributed by atoms with Crippen LogP contribution in [0.15, 0.2) is 24.3 Å². The zero-order valence-electron chi connectivity index (χ0n) is 11.7. The van der Waals surface area contributed by atoms with E-state index in [0.717, 1.165) is 31.2 Å². The van der Waals surface area contributed by atoms with Gasteiger partial charge in [0.05, 0.1) is 0 Å². The van der Waals surface area contributed by atoms with Crippen LogP contribution < -0.4 is 16.4 Å². The summed E-state index contributed by atoms with van der Waals surface area (Å²) in [6, 6.07) is 4.98. The molecule has 2 rings (SSSR count). The molecule has 21 heavy (non-hydrogen) atoms. The molecule has 4 N–H and O–H groups in total. The molecular weight excluding hydrogens is 276 g/mol. The molecule has 1 aromatic carbocycles. The van der Waals surface area contributed by atoms with Crippen LogP contribution in [0.4, 0.5) is 26.4 Å². The highest BCUT2D eigenvalue weighted by Crippen LogP contribution is 2.15. The lowest BCUT2D eigenvalue weighted by atomic mass is 10.2. The number of benzene rings is 1. The molecule has 0 aliphatic heterocycles. The monoisotopic (exact) mass is 293 g/mol. The maximum Gasteiger partial charge on any atom is 0.223 e. The van der Waals surface area contributed by atoms with Crippen LogP contribution in [0, 0.1) is 11.6 Å². The highest BCUT2D eigenvalue weighted by molar-refractivity contribution is 5.51. The van der Waals surface area contributed by atoms with Crippen molar-refractivity contribution >= 4 is 17.6 Å². The Hall–Kier alpha value is -2.44. The molecular formula is C14H17F2N5. The number of hydrogen-bond donors (Lipinski definition) is 3. The molecule has 0 amide bonds. The van der Waals surface area contributed by atoms with Crippen LogP contribution in [-0.4, -0.2) is 16.5 Å². The number of rotatable bonds is 6. The normalized spacial score (nSPS) is 10.4. The summed E-state index contributed by atoms with van der Waals surface area (Å²) in [6.07, 6.45) is 0.946. The van der Waals surface area contributed by atoms with E-state index in [1.807, 2.05) is 6.92 Å². The summed E-state index contributed by atoms with van der Waals surface area (Å²) < 4.78 is 26.6. The number of halogens is 2. The van der Waals surface area contributed by atoms with Crippen LogP contribution in [0.2, 0.25) is 0 Å². The second-order valence-electron chi connectivity index (χ2n) is 4.51. The van der Waals surface area contributed by atoms with Crippen LogP contribution in [0.25, 0.3) is 0 Å². The van der Waals surface area contributed by atoms with Crippen LogP contribution in [0.5, 0.6) is 0 Å². The number of nitrogen functional groups attached to an aromatic ring is 1. The minimum absolute atomic E-state index is 0.104. The molecule has 2 aromatic rings. The first-order valence-electron chi connectivity index (χ1n) is 6.64. The van der Waals surface area contributed by atoms with Crippen molar-refractivity contribution in [2.75, 3.05) is 22.9 Å². The molecule has 5 nitrogen and oxygen atoms in total. The van der Waals surface area contributed by atoms with E-state index in [4.69, 9.17) is 5.73 Å². The van der Waals surface area contributed by atoms with Gasteiger partial charge in [0.25, 0.3) is 0 Å². The predicted octanol–water partition coefficient (Wildman–Crippen LogP) is 2.77. The van der Waals surface area contributed by atoms with Gasteiger partial charge in [-0.25, -0.2) is 8.78 Å². The summed E-state index contributed by atoms with van der Waals surface area (Å²) >= 11 is 0. The number of nitrogens with two attached hydrogens (primary N) is 1. The Morgan fingerprint density at radius 3 is 2.52 bits per heavy atom. The Labute approximate surface area is 121 Å². The standard InChI is InChI=1S/C14H17F2N5/c1-2-5-18-12-7-13(21-14(17)20-12)19-8-9-6-10(15)3-4-11(9)16/h3-4,6-7H,2,5,8H2,1H3,(H4,17,18,19,20,21). The molecule has 0 unspecified atom stereocenters. The largest absolute Gasteiger partial charge is 0.370 e.